The van der Waals surface area contributed by atoms with Crippen LogP contribution in [0.15, 0.2) is 42.5 Å². The van der Waals surface area contributed by atoms with Gasteiger partial charge < -0.3 is 0 Å². The molecule has 0 aliphatic rings. The molecule has 0 aliphatic heterocycles. The molecule has 0 radical (unpaired) electrons. The summed E-state index contributed by atoms with van der Waals surface area (Å²) >= 11 is 0. The van der Waals surface area contributed by atoms with Gasteiger partial charge in [-0.25, -0.2) is 4.39 Å². The first-order valence-electron chi connectivity index (χ1n) is 5.04. The molecule has 16 heavy (non-hydrogen) atoms. The van der Waals surface area contributed by atoms with E-state index in [0.717, 1.165) is 16.7 Å². The molecule has 0 saturated heterocycles. The highest BCUT2D eigenvalue weighted by Crippen LogP contribution is 2.24. The number of aryl methyl sites for hydroxylation is 1. The molecule has 2 aromatic rings. The van der Waals surface area contributed by atoms with Crippen LogP contribution in [-0.2, 0) is 0 Å². The smallest absolute Gasteiger partial charge is 0.131 e. The molecule has 0 saturated carbocycles. The van der Waals surface area contributed by atoms with E-state index in [2.05, 4.69) is 5.92 Å². The standard InChI is InChI=1S/C15H11F/c1-3-12-5-7-13(8-6-12)14-10-11(2)4-9-15(14)16/h1,4-10H,2H3. The van der Waals surface area contributed by atoms with Crippen molar-refractivity contribution in [2.45, 2.75) is 6.92 Å². The maximum atomic E-state index is 13.6. The minimum Gasteiger partial charge on any atom is -0.206 e. The summed E-state index contributed by atoms with van der Waals surface area (Å²) < 4.78 is 13.6. The Morgan fingerprint density at radius 2 is 1.75 bits per heavy atom. The van der Waals surface area contributed by atoms with E-state index in [0.29, 0.717) is 5.56 Å². The fraction of sp³-hybridized carbons (Fsp3) is 0.0667. The van der Waals surface area contributed by atoms with Gasteiger partial charge in [0.1, 0.15) is 5.82 Å². The number of halogens is 1. The molecule has 78 valence electrons. The van der Waals surface area contributed by atoms with Crippen molar-refractivity contribution < 1.29 is 4.39 Å². The summed E-state index contributed by atoms with van der Waals surface area (Å²) in [5.74, 6) is 2.33. The number of benzene rings is 2. The summed E-state index contributed by atoms with van der Waals surface area (Å²) in [6.45, 7) is 1.94. The van der Waals surface area contributed by atoms with Crippen molar-refractivity contribution >= 4 is 0 Å². The SMILES string of the molecule is C#Cc1ccc(-c2cc(C)ccc2F)cc1. The highest BCUT2D eigenvalue weighted by molar-refractivity contribution is 5.65. The van der Waals surface area contributed by atoms with E-state index >= 15 is 0 Å². The molecule has 2 aromatic carbocycles. The number of terminal acetylenes is 1. The lowest BCUT2D eigenvalue weighted by atomic mass is 10.0. The zero-order valence-electron chi connectivity index (χ0n) is 9.00. The van der Waals surface area contributed by atoms with Gasteiger partial charge in [-0.15, -0.1) is 6.42 Å². The van der Waals surface area contributed by atoms with Crippen LogP contribution >= 0.6 is 0 Å². The van der Waals surface area contributed by atoms with E-state index in [4.69, 9.17) is 6.42 Å². The molecule has 0 aliphatic carbocycles. The second-order valence-electron chi connectivity index (χ2n) is 3.70. The van der Waals surface area contributed by atoms with Crippen molar-refractivity contribution in [2.24, 2.45) is 0 Å². The van der Waals surface area contributed by atoms with Gasteiger partial charge in [0.05, 0.1) is 0 Å². The van der Waals surface area contributed by atoms with Crippen LogP contribution in [0.4, 0.5) is 4.39 Å². The van der Waals surface area contributed by atoms with Crippen LogP contribution in [0.25, 0.3) is 11.1 Å². The molecule has 0 atom stereocenters. The summed E-state index contributed by atoms with van der Waals surface area (Å²) in [4.78, 5) is 0. The van der Waals surface area contributed by atoms with Crippen molar-refractivity contribution in [1.29, 1.82) is 0 Å². The summed E-state index contributed by atoms with van der Waals surface area (Å²) in [5, 5.41) is 0. The first kappa shape index (κ1) is 10.4. The Morgan fingerprint density at radius 3 is 2.38 bits per heavy atom. The zero-order chi connectivity index (χ0) is 11.5. The number of hydrogen-bond donors (Lipinski definition) is 0. The molecule has 0 N–H and O–H groups in total. The average Bonchev–Trinajstić information content (AvgIpc) is 2.32. The van der Waals surface area contributed by atoms with Crippen molar-refractivity contribution in [3.8, 4) is 23.5 Å². The van der Waals surface area contributed by atoms with Gasteiger partial charge in [0.15, 0.2) is 0 Å². The van der Waals surface area contributed by atoms with Crippen molar-refractivity contribution in [2.75, 3.05) is 0 Å². The lowest BCUT2D eigenvalue weighted by Crippen LogP contribution is -1.86. The van der Waals surface area contributed by atoms with Gasteiger partial charge in [0.2, 0.25) is 0 Å². The highest BCUT2D eigenvalue weighted by atomic mass is 19.1. The fourth-order valence-corrected chi connectivity index (χ4v) is 1.61. The molecule has 0 amide bonds. The number of hydrogen-bond acceptors (Lipinski definition) is 0. The topological polar surface area (TPSA) is 0 Å². The first-order valence-corrected chi connectivity index (χ1v) is 5.04. The minimum atomic E-state index is -0.209. The monoisotopic (exact) mass is 210 g/mol. The Labute approximate surface area is 94.7 Å². The van der Waals surface area contributed by atoms with Gasteiger partial charge >= 0.3 is 0 Å². The predicted molar refractivity (Wildman–Crippen MR) is 64.5 cm³/mol. The van der Waals surface area contributed by atoms with E-state index in [1.54, 1.807) is 6.07 Å². The van der Waals surface area contributed by atoms with Gasteiger partial charge in [-0.1, -0.05) is 29.7 Å². The van der Waals surface area contributed by atoms with Crippen LogP contribution in [0.3, 0.4) is 0 Å². The van der Waals surface area contributed by atoms with Crippen LogP contribution in [0.1, 0.15) is 11.1 Å². The molecule has 0 spiro atoms. The highest BCUT2D eigenvalue weighted by Gasteiger charge is 2.04. The Balaban J connectivity index is 2.50. The minimum absolute atomic E-state index is 0.209. The Bertz CT molecular complexity index is 545. The Hall–Kier alpha value is -2.07. The average molecular weight is 210 g/mol. The molecule has 0 bridgehead atoms. The third-order valence-electron chi connectivity index (χ3n) is 2.48. The van der Waals surface area contributed by atoms with E-state index in [9.17, 15) is 4.39 Å². The van der Waals surface area contributed by atoms with Crippen LogP contribution in [0.2, 0.25) is 0 Å². The summed E-state index contributed by atoms with van der Waals surface area (Å²) in [7, 11) is 0. The van der Waals surface area contributed by atoms with Gasteiger partial charge in [0.25, 0.3) is 0 Å². The largest absolute Gasteiger partial charge is 0.206 e. The maximum Gasteiger partial charge on any atom is 0.131 e. The summed E-state index contributed by atoms with van der Waals surface area (Å²) in [6, 6.07) is 12.4. The first-order chi connectivity index (χ1) is 7.70. The second kappa shape index (κ2) is 4.20. The van der Waals surface area contributed by atoms with Crippen LogP contribution in [-0.4, -0.2) is 0 Å². The van der Waals surface area contributed by atoms with E-state index in [-0.39, 0.29) is 5.82 Å². The van der Waals surface area contributed by atoms with Crippen LogP contribution in [0.5, 0.6) is 0 Å². The lowest BCUT2D eigenvalue weighted by Gasteiger charge is -2.04. The third kappa shape index (κ3) is 1.97. The van der Waals surface area contributed by atoms with Crippen molar-refractivity contribution in [3.63, 3.8) is 0 Å². The summed E-state index contributed by atoms with van der Waals surface area (Å²) in [5.41, 5.74) is 3.30. The number of rotatable bonds is 1. The normalized spacial score (nSPS) is 9.81. The molecule has 0 aromatic heterocycles. The second-order valence-corrected chi connectivity index (χ2v) is 3.70. The summed E-state index contributed by atoms with van der Waals surface area (Å²) in [6.07, 6.45) is 5.27. The third-order valence-corrected chi connectivity index (χ3v) is 2.48. The zero-order valence-corrected chi connectivity index (χ0v) is 9.00. The molecule has 0 heterocycles. The molecule has 1 heteroatoms. The van der Waals surface area contributed by atoms with Crippen molar-refractivity contribution in [3.05, 3.63) is 59.4 Å². The van der Waals surface area contributed by atoms with Crippen LogP contribution in [0, 0.1) is 25.1 Å². The Morgan fingerprint density at radius 1 is 1.06 bits per heavy atom. The maximum absolute atomic E-state index is 13.6. The fourth-order valence-electron chi connectivity index (χ4n) is 1.61. The Kier molecular flexibility index (Phi) is 2.74. The van der Waals surface area contributed by atoms with Gasteiger partial charge in [-0.2, -0.15) is 0 Å². The molecule has 0 fully saturated rings. The van der Waals surface area contributed by atoms with Gasteiger partial charge in [-0.3, -0.25) is 0 Å². The molecule has 0 nitrogen and oxygen atoms in total. The van der Waals surface area contributed by atoms with E-state index in [1.165, 1.54) is 6.07 Å². The quantitative estimate of drug-likeness (QED) is 0.628. The van der Waals surface area contributed by atoms with Gasteiger partial charge in [-0.05, 0) is 36.8 Å². The molecule has 0 unspecified atom stereocenters. The van der Waals surface area contributed by atoms with E-state index in [1.807, 2.05) is 37.3 Å². The van der Waals surface area contributed by atoms with Crippen molar-refractivity contribution in [1.82, 2.24) is 0 Å². The van der Waals surface area contributed by atoms with Crippen LogP contribution < -0.4 is 0 Å². The molecule has 2 rings (SSSR count). The van der Waals surface area contributed by atoms with Gasteiger partial charge in [0, 0.05) is 11.1 Å². The predicted octanol–water partition coefficient (Wildman–Crippen LogP) is 3.78. The molecular formula is C15H11F. The lowest BCUT2D eigenvalue weighted by molar-refractivity contribution is 0.631. The molecular weight excluding hydrogens is 199 g/mol. The van der Waals surface area contributed by atoms with E-state index < -0.39 is 0 Å².